The van der Waals surface area contributed by atoms with Gasteiger partial charge in [-0.2, -0.15) is 10.2 Å². The molecular formula is C24H26N4O4. The Morgan fingerprint density at radius 2 is 2.16 bits per heavy atom. The normalized spacial score (nSPS) is 16.1. The van der Waals surface area contributed by atoms with Gasteiger partial charge in [-0.25, -0.2) is 0 Å². The minimum Gasteiger partial charge on any atom is -0.490 e. The Bertz CT molecular complexity index is 1140. The summed E-state index contributed by atoms with van der Waals surface area (Å²) >= 11 is 0. The van der Waals surface area contributed by atoms with Crippen molar-refractivity contribution >= 4 is 0 Å². The topological polar surface area (TPSA) is 124 Å². The van der Waals surface area contributed by atoms with Gasteiger partial charge in [0.25, 0.3) is 5.89 Å². The van der Waals surface area contributed by atoms with Gasteiger partial charge in [0, 0.05) is 23.7 Å². The van der Waals surface area contributed by atoms with Gasteiger partial charge in [-0.3, -0.25) is 0 Å². The maximum Gasteiger partial charge on any atom is 0.258 e. The van der Waals surface area contributed by atoms with Gasteiger partial charge in [0.15, 0.2) is 0 Å². The predicted octanol–water partition coefficient (Wildman–Crippen LogP) is 2.99. The van der Waals surface area contributed by atoms with E-state index in [-0.39, 0.29) is 18.8 Å². The second-order valence-electron chi connectivity index (χ2n) is 8.12. The van der Waals surface area contributed by atoms with Crippen molar-refractivity contribution in [1.29, 1.82) is 5.26 Å². The van der Waals surface area contributed by atoms with E-state index in [1.54, 1.807) is 18.2 Å². The lowest BCUT2D eigenvalue weighted by molar-refractivity contribution is 0.0919. The van der Waals surface area contributed by atoms with Gasteiger partial charge in [0.1, 0.15) is 11.8 Å². The molecule has 0 fully saturated rings. The number of aliphatic hydroxyl groups excluding tert-OH is 2. The summed E-state index contributed by atoms with van der Waals surface area (Å²) in [4.78, 5) is 4.59. The number of hydrogen-bond donors (Lipinski definition) is 3. The highest BCUT2D eigenvalue weighted by Gasteiger charge is 2.26. The molecule has 0 amide bonds. The van der Waals surface area contributed by atoms with Crippen LogP contribution in [0.1, 0.15) is 43.0 Å². The van der Waals surface area contributed by atoms with E-state index < -0.39 is 6.10 Å². The average molecular weight is 434 g/mol. The molecule has 1 heterocycles. The molecule has 1 aliphatic rings. The molecule has 1 aliphatic carbocycles. The molecule has 32 heavy (non-hydrogen) atoms. The molecule has 3 N–H and O–H groups in total. The van der Waals surface area contributed by atoms with E-state index in [9.17, 15) is 10.4 Å². The van der Waals surface area contributed by atoms with Gasteiger partial charge in [0.2, 0.25) is 5.82 Å². The van der Waals surface area contributed by atoms with Crippen molar-refractivity contribution in [3.63, 3.8) is 0 Å². The average Bonchev–Trinajstić information content (AvgIpc) is 3.44. The predicted molar refractivity (Wildman–Crippen MR) is 118 cm³/mol. The lowest BCUT2D eigenvalue weighted by atomic mass is 10.0. The van der Waals surface area contributed by atoms with Crippen LogP contribution < -0.4 is 10.1 Å². The molecular weight excluding hydrogens is 408 g/mol. The number of nitriles is 1. The van der Waals surface area contributed by atoms with Crippen molar-refractivity contribution < 1.29 is 19.5 Å². The van der Waals surface area contributed by atoms with Crippen LogP contribution in [-0.4, -0.2) is 45.7 Å². The molecule has 8 nitrogen and oxygen atoms in total. The van der Waals surface area contributed by atoms with E-state index >= 15 is 0 Å². The van der Waals surface area contributed by atoms with E-state index in [1.807, 2.05) is 26.0 Å². The van der Waals surface area contributed by atoms with Crippen molar-refractivity contribution in [2.24, 2.45) is 0 Å². The number of nitrogens with one attached hydrogen (secondary N) is 1. The van der Waals surface area contributed by atoms with Crippen LogP contribution in [0, 0.1) is 11.3 Å². The van der Waals surface area contributed by atoms with E-state index in [4.69, 9.17) is 14.4 Å². The molecule has 8 heteroatoms. The van der Waals surface area contributed by atoms with Crippen molar-refractivity contribution in [2.45, 2.75) is 44.9 Å². The quantitative estimate of drug-likeness (QED) is 0.494. The number of nitrogens with zero attached hydrogens (tertiary/aromatic N) is 3. The maximum absolute atomic E-state index is 9.63. The molecule has 4 rings (SSSR count). The molecule has 1 aromatic heterocycles. The summed E-state index contributed by atoms with van der Waals surface area (Å²) in [6, 6.07) is 13.5. The number of ether oxygens (including phenoxy) is 1. The van der Waals surface area contributed by atoms with Gasteiger partial charge >= 0.3 is 0 Å². The van der Waals surface area contributed by atoms with Crippen LogP contribution in [0.5, 0.6) is 5.75 Å². The van der Waals surface area contributed by atoms with Crippen LogP contribution in [0.3, 0.4) is 0 Å². The van der Waals surface area contributed by atoms with Gasteiger partial charge in [-0.15, -0.1) is 0 Å². The highest BCUT2D eigenvalue weighted by Crippen LogP contribution is 2.37. The molecule has 0 aliphatic heterocycles. The first kappa shape index (κ1) is 22.0. The highest BCUT2D eigenvalue weighted by atomic mass is 16.5. The molecule has 166 valence electrons. The summed E-state index contributed by atoms with van der Waals surface area (Å²) in [5.74, 6) is 1.36. The third kappa shape index (κ3) is 4.50. The zero-order valence-electron chi connectivity index (χ0n) is 18.1. The summed E-state index contributed by atoms with van der Waals surface area (Å²) in [5, 5.41) is 35.6. The highest BCUT2D eigenvalue weighted by molar-refractivity contribution is 5.67. The van der Waals surface area contributed by atoms with Crippen molar-refractivity contribution in [2.75, 3.05) is 13.2 Å². The number of rotatable bonds is 8. The van der Waals surface area contributed by atoms with Gasteiger partial charge in [-0.05, 0) is 56.0 Å². The number of aromatic nitrogens is 2. The SMILES string of the molecule is CC(C)Oc1ccc(-c2nc(-c3cccc4c3CCC4NC[C@H](O)CO)no2)cc1C#N. The first-order chi connectivity index (χ1) is 15.5. The first-order valence-corrected chi connectivity index (χ1v) is 10.7. The van der Waals surface area contributed by atoms with Crippen LogP contribution in [-0.2, 0) is 6.42 Å². The summed E-state index contributed by atoms with van der Waals surface area (Å²) in [6.45, 7) is 3.88. The standard InChI is InChI=1S/C24H26N4O4/c1-14(2)31-22-9-6-15(10-16(22)11-25)24-27-23(28-32-24)20-5-3-4-19-18(20)7-8-21(19)26-12-17(30)13-29/h3-6,9-10,14,17,21,26,29-30H,7-8,12-13H2,1-2H3/t17-,21?/m0/s1. The molecule has 0 saturated heterocycles. The fourth-order valence-electron chi connectivity index (χ4n) is 3.98. The Balaban J connectivity index is 1.59. The summed E-state index contributed by atoms with van der Waals surface area (Å²) in [7, 11) is 0. The Labute approximate surface area is 186 Å². The summed E-state index contributed by atoms with van der Waals surface area (Å²) in [5.41, 5.74) is 4.26. The van der Waals surface area contributed by atoms with Crippen LogP contribution >= 0.6 is 0 Å². The second kappa shape index (κ2) is 9.49. The Morgan fingerprint density at radius 1 is 1.31 bits per heavy atom. The Morgan fingerprint density at radius 3 is 2.91 bits per heavy atom. The minimum atomic E-state index is -0.780. The fourth-order valence-corrected chi connectivity index (χ4v) is 3.98. The van der Waals surface area contributed by atoms with Crippen molar-refractivity contribution in [3.05, 3.63) is 53.1 Å². The molecule has 3 aromatic rings. The minimum absolute atomic E-state index is 0.0339. The second-order valence-corrected chi connectivity index (χ2v) is 8.12. The monoisotopic (exact) mass is 434 g/mol. The summed E-state index contributed by atoms with van der Waals surface area (Å²) < 4.78 is 11.2. The van der Waals surface area contributed by atoms with Crippen LogP contribution in [0.15, 0.2) is 40.9 Å². The van der Waals surface area contributed by atoms with Gasteiger partial charge < -0.3 is 24.8 Å². The summed E-state index contributed by atoms with van der Waals surface area (Å²) in [6.07, 6.45) is 0.922. The molecule has 0 saturated carbocycles. The maximum atomic E-state index is 9.63. The van der Waals surface area contributed by atoms with Crippen LogP contribution in [0.25, 0.3) is 22.8 Å². The largest absolute Gasteiger partial charge is 0.490 e. The number of benzene rings is 2. The number of fused-ring (bicyclic) bond motifs is 1. The van der Waals surface area contributed by atoms with Crippen molar-refractivity contribution in [3.8, 4) is 34.7 Å². The van der Waals surface area contributed by atoms with Crippen LogP contribution in [0.2, 0.25) is 0 Å². The lowest BCUT2D eigenvalue weighted by Gasteiger charge is -2.16. The Kier molecular flexibility index (Phi) is 6.51. The molecule has 2 atom stereocenters. The Hall–Kier alpha value is -3.25. The van der Waals surface area contributed by atoms with E-state index in [2.05, 4.69) is 27.6 Å². The smallest absolute Gasteiger partial charge is 0.258 e. The lowest BCUT2D eigenvalue weighted by Crippen LogP contribution is -2.31. The van der Waals surface area contributed by atoms with E-state index in [0.29, 0.717) is 35.1 Å². The third-order valence-electron chi connectivity index (χ3n) is 5.46. The third-order valence-corrected chi connectivity index (χ3v) is 5.46. The molecule has 0 spiro atoms. The molecule has 1 unspecified atom stereocenters. The first-order valence-electron chi connectivity index (χ1n) is 10.7. The molecule has 0 radical (unpaired) electrons. The fraction of sp³-hybridized carbons (Fsp3) is 0.375. The molecule has 0 bridgehead atoms. The number of aliphatic hydroxyl groups is 2. The molecule has 2 aromatic carbocycles. The van der Waals surface area contributed by atoms with Crippen LogP contribution in [0.4, 0.5) is 0 Å². The zero-order chi connectivity index (χ0) is 22.7. The van der Waals surface area contributed by atoms with E-state index in [0.717, 1.165) is 29.5 Å². The van der Waals surface area contributed by atoms with Crippen molar-refractivity contribution in [1.82, 2.24) is 15.5 Å². The van der Waals surface area contributed by atoms with Gasteiger partial charge in [0.05, 0.1) is 24.4 Å². The van der Waals surface area contributed by atoms with E-state index in [1.165, 1.54) is 0 Å². The zero-order valence-corrected chi connectivity index (χ0v) is 18.1. The van der Waals surface area contributed by atoms with Gasteiger partial charge in [-0.1, -0.05) is 23.4 Å². The number of hydrogen-bond acceptors (Lipinski definition) is 8.